The number of carbonyl (C=O) groups is 1. The molecule has 2 N–H and O–H groups in total. The molecule has 1 saturated heterocycles. The Morgan fingerprint density at radius 1 is 1.50 bits per heavy atom. The SMILES string of the molecule is COCCN1CCC[C@H](CNC(=O)c2ccc(O)cc2C)C1. The van der Waals surface area contributed by atoms with Crippen molar-refractivity contribution in [2.45, 2.75) is 19.8 Å². The first-order valence-electron chi connectivity index (χ1n) is 7.89. The van der Waals surface area contributed by atoms with E-state index in [1.165, 1.54) is 6.42 Å². The molecule has 5 nitrogen and oxygen atoms in total. The van der Waals surface area contributed by atoms with E-state index in [1.54, 1.807) is 25.3 Å². The highest BCUT2D eigenvalue weighted by atomic mass is 16.5. The zero-order valence-corrected chi connectivity index (χ0v) is 13.5. The number of aryl methyl sites for hydroxylation is 1. The highest BCUT2D eigenvalue weighted by Gasteiger charge is 2.20. The molecule has 0 saturated carbocycles. The van der Waals surface area contributed by atoms with E-state index in [1.807, 2.05) is 6.92 Å². The van der Waals surface area contributed by atoms with E-state index < -0.39 is 0 Å². The Balaban J connectivity index is 1.82. The quantitative estimate of drug-likeness (QED) is 0.841. The Morgan fingerprint density at radius 2 is 2.32 bits per heavy atom. The van der Waals surface area contributed by atoms with Gasteiger partial charge in [0.05, 0.1) is 6.61 Å². The number of benzene rings is 1. The van der Waals surface area contributed by atoms with Gasteiger partial charge in [-0.25, -0.2) is 0 Å². The summed E-state index contributed by atoms with van der Waals surface area (Å²) >= 11 is 0. The van der Waals surface area contributed by atoms with E-state index in [0.29, 0.717) is 18.0 Å². The highest BCUT2D eigenvalue weighted by Crippen LogP contribution is 2.17. The van der Waals surface area contributed by atoms with E-state index >= 15 is 0 Å². The van der Waals surface area contributed by atoms with Crippen LogP contribution in [0.25, 0.3) is 0 Å². The van der Waals surface area contributed by atoms with Gasteiger partial charge < -0.3 is 20.1 Å². The van der Waals surface area contributed by atoms with Crippen LogP contribution in [0.3, 0.4) is 0 Å². The van der Waals surface area contributed by atoms with Gasteiger partial charge >= 0.3 is 0 Å². The fourth-order valence-corrected chi connectivity index (χ4v) is 2.98. The zero-order valence-electron chi connectivity index (χ0n) is 13.5. The summed E-state index contributed by atoms with van der Waals surface area (Å²) in [5, 5.41) is 12.4. The molecule has 5 heteroatoms. The fraction of sp³-hybridized carbons (Fsp3) is 0.588. The van der Waals surface area contributed by atoms with Crippen LogP contribution in [-0.4, -0.2) is 55.8 Å². The second-order valence-electron chi connectivity index (χ2n) is 6.01. The lowest BCUT2D eigenvalue weighted by Gasteiger charge is -2.32. The van der Waals surface area contributed by atoms with Crippen LogP contribution < -0.4 is 5.32 Å². The maximum atomic E-state index is 12.2. The third-order valence-electron chi connectivity index (χ3n) is 4.22. The summed E-state index contributed by atoms with van der Waals surface area (Å²) in [6.07, 6.45) is 2.32. The number of carbonyl (C=O) groups excluding carboxylic acids is 1. The third kappa shape index (κ3) is 4.71. The smallest absolute Gasteiger partial charge is 0.251 e. The predicted molar refractivity (Wildman–Crippen MR) is 86.2 cm³/mol. The number of likely N-dealkylation sites (tertiary alicyclic amines) is 1. The van der Waals surface area contributed by atoms with Crippen molar-refractivity contribution in [1.29, 1.82) is 0 Å². The minimum atomic E-state index is -0.0634. The minimum Gasteiger partial charge on any atom is -0.508 e. The number of phenols is 1. The summed E-state index contributed by atoms with van der Waals surface area (Å²) in [6, 6.07) is 4.84. The van der Waals surface area contributed by atoms with Crippen molar-refractivity contribution in [2.24, 2.45) is 5.92 Å². The average Bonchev–Trinajstić information content (AvgIpc) is 2.51. The number of hydrogen-bond acceptors (Lipinski definition) is 4. The Morgan fingerprint density at radius 3 is 3.05 bits per heavy atom. The minimum absolute atomic E-state index is 0.0634. The standard InChI is InChI=1S/C17H26N2O3/c1-13-10-15(20)5-6-16(13)17(21)18-11-14-4-3-7-19(12-14)8-9-22-2/h5-6,10,14,20H,3-4,7-9,11-12H2,1-2H3,(H,18,21)/t14-/m1/s1. The molecule has 1 heterocycles. The summed E-state index contributed by atoms with van der Waals surface area (Å²) < 4.78 is 5.13. The first kappa shape index (κ1) is 16.8. The average molecular weight is 306 g/mol. The molecule has 1 aromatic carbocycles. The number of amides is 1. The maximum absolute atomic E-state index is 12.2. The van der Waals surface area contributed by atoms with Gasteiger partial charge in [0.2, 0.25) is 0 Å². The first-order chi connectivity index (χ1) is 10.6. The fourth-order valence-electron chi connectivity index (χ4n) is 2.98. The van der Waals surface area contributed by atoms with Crippen LogP contribution in [0.5, 0.6) is 5.75 Å². The van der Waals surface area contributed by atoms with Crippen LogP contribution >= 0.6 is 0 Å². The number of aromatic hydroxyl groups is 1. The summed E-state index contributed by atoms with van der Waals surface area (Å²) in [7, 11) is 1.72. The molecule has 0 radical (unpaired) electrons. The van der Waals surface area contributed by atoms with E-state index in [-0.39, 0.29) is 11.7 Å². The number of phenolic OH excluding ortho intramolecular Hbond substituents is 1. The molecule has 0 aromatic heterocycles. The molecule has 0 unspecified atom stereocenters. The molecule has 22 heavy (non-hydrogen) atoms. The summed E-state index contributed by atoms with van der Waals surface area (Å²) in [6.45, 7) is 6.37. The second kappa shape index (κ2) is 8.15. The molecule has 1 atom stereocenters. The van der Waals surface area contributed by atoms with Gasteiger partial charge in [0.25, 0.3) is 5.91 Å². The number of ether oxygens (including phenoxy) is 1. The molecule has 0 spiro atoms. The Bertz CT molecular complexity index is 505. The molecule has 1 aromatic rings. The van der Waals surface area contributed by atoms with E-state index in [4.69, 9.17) is 4.74 Å². The Kier molecular flexibility index (Phi) is 6.21. The summed E-state index contributed by atoms with van der Waals surface area (Å²) in [5.41, 5.74) is 1.42. The van der Waals surface area contributed by atoms with Crippen LogP contribution in [0.4, 0.5) is 0 Å². The van der Waals surface area contributed by atoms with E-state index in [2.05, 4.69) is 10.2 Å². The number of hydrogen-bond donors (Lipinski definition) is 2. The Hall–Kier alpha value is -1.59. The van der Waals surface area contributed by atoms with E-state index in [9.17, 15) is 9.90 Å². The van der Waals surface area contributed by atoms with E-state index in [0.717, 1.165) is 38.2 Å². The zero-order chi connectivity index (χ0) is 15.9. The number of nitrogens with one attached hydrogen (secondary N) is 1. The summed E-state index contributed by atoms with van der Waals surface area (Å²) in [5.74, 6) is 0.619. The number of nitrogens with zero attached hydrogens (tertiary/aromatic N) is 1. The van der Waals surface area contributed by atoms with Gasteiger partial charge in [0.1, 0.15) is 5.75 Å². The van der Waals surface area contributed by atoms with Crippen LogP contribution in [0, 0.1) is 12.8 Å². The molecule has 0 bridgehead atoms. The van der Waals surface area contributed by atoms with Crippen LogP contribution in [-0.2, 0) is 4.74 Å². The lowest BCUT2D eigenvalue weighted by Crippen LogP contribution is -2.42. The second-order valence-corrected chi connectivity index (χ2v) is 6.01. The predicted octanol–water partition coefficient (Wildman–Crippen LogP) is 1.79. The van der Waals surface area contributed by atoms with Gasteiger partial charge in [-0.05, 0) is 56.0 Å². The van der Waals surface area contributed by atoms with Crippen molar-refractivity contribution in [3.63, 3.8) is 0 Å². The van der Waals surface area contributed by atoms with Gasteiger partial charge in [-0.2, -0.15) is 0 Å². The lowest BCUT2D eigenvalue weighted by molar-refractivity contribution is 0.0912. The van der Waals surface area contributed by atoms with Crippen LogP contribution in [0.1, 0.15) is 28.8 Å². The highest BCUT2D eigenvalue weighted by molar-refractivity contribution is 5.95. The van der Waals surface area contributed by atoms with Crippen molar-refractivity contribution < 1.29 is 14.6 Å². The van der Waals surface area contributed by atoms with Crippen molar-refractivity contribution >= 4 is 5.91 Å². The molecule has 1 amide bonds. The third-order valence-corrected chi connectivity index (χ3v) is 4.22. The first-order valence-corrected chi connectivity index (χ1v) is 7.89. The molecular weight excluding hydrogens is 280 g/mol. The molecule has 1 fully saturated rings. The topological polar surface area (TPSA) is 61.8 Å². The lowest BCUT2D eigenvalue weighted by atomic mass is 9.97. The number of piperidine rings is 1. The Labute approximate surface area is 132 Å². The molecule has 1 aliphatic heterocycles. The van der Waals surface area contributed by atoms with Gasteiger partial charge in [0.15, 0.2) is 0 Å². The van der Waals surface area contributed by atoms with Crippen LogP contribution in [0.15, 0.2) is 18.2 Å². The van der Waals surface area contributed by atoms with Crippen molar-refractivity contribution in [2.75, 3.05) is 39.9 Å². The van der Waals surface area contributed by atoms with Crippen molar-refractivity contribution in [1.82, 2.24) is 10.2 Å². The van der Waals surface area contributed by atoms with Crippen molar-refractivity contribution in [3.05, 3.63) is 29.3 Å². The molecule has 0 aliphatic carbocycles. The van der Waals surface area contributed by atoms with Crippen LogP contribution in [0.2, 0.25) is 0 Å². The van der Waals surface area contributed by atoms with Crippen molar-refractivity contribution in [3.8, 4) is 5.75 Å². The van der Waals surface area contributed by atoms with Gasteiger partial charge in [-0.1, -0.05) is 0 Å². The summed E-state index contributed by atoms with van der Waals surface area (Å²) in [4.78, 5) is 14.6. The van der Waals surface area contributed by atoms with Gasteiger partial charge in [-0.15, -0.1) is 0 Å². The van der Waals surface area contributed by atoms with Gasteiger partial charge in [-0.3, -0.25) is 4.79 Å². The number of methoxy groups -OCH3 is 1. The molecule has 2 rings (SSSR count). The maximum Gasteiger partial charge on any atom is 0.251 e. The molecule has 1 aliphatic rings. The monoisotopic (exact) mass is 306 g/mol. The number of rotatable bonds is 6. The largest absolute Gasteiger partial charge is 0.508 e. The molecular formula is C17H26N2O3. The van der Waals surface area contributed by atoms with Gasteiger partial charge in [0, 0.05) is 32.3 Å². The molecule has 122 valence electrons. The normalized spacial score (nSPS) is 19.1.